The summed E-state index contributed by atoms with van der Waals surface area (Å²) in [4.78, 5) is 19.6. The Morgan fingerprint density at radius 1 is 1.19 bits per heavy atom. The van der Waals surface area contributed by atoms with Gasteiger partial charge in [0, 0.05) is 23.2 Å². The Balaban J connectivity index is 1.96. The van der Waals surface area contributed by atoms with Gasteiger partial charge in [0.05, 0.1) is 24.8 Å². The highest BCUT2D eigenvalue weighted by atomic mass is 35.5. The molecule has 1 heterocycles. The summed E-state index contributed by atoms with van der Waals surface area (Å²) in [5, 5.41) is 1.23. The second kappa shape index (κ2) is 8.50. The molecular formula is C20H19ClN2O3S. The Morgan fingerprint density at radius 3 is 2.67 bits per heavy atom. The van der Waals surface area contributed by atoms with Gasteiger partial charge in [0.15, 0.2) is 5.17 Å². The second-order valence-electron chi connectivity index (χ2n) is 5.64. The van der Waals surface area contributed by atoms with Crippen molar-refractivity contribution in [2.45, 2.75) is 6.92 Å². The number of benzene rings is 2. The molecule has 0 N–H and O–H groups in total. The van der Waals surface area contributed by atoms with E-state index in [1.165, 1.54) is 11.8 Å². The summed E-state index contributed by atoms with van der Waals surface area (Å²) in [5.41, 5.74) is 1.51. The number of aliphatic imine (C=N–C) groups is 1. The van der Waals surface area contributed by atoms with Crippen molar-refractivity contribution in [1.29, 1.82) is 0 Å². The number of carbonyl (C=O) groups is 1. The summed E-state index contributed by atoms with van der Waals surface area (Å²) in [5.74, 6) is 1.25. The van der Waals surface area contributed by atoms with Crippen molar-refractivity contribution in [3.05, 3.63) is 58.0 Å². The van der Waals surface area contributed by atoms with Gasteiger partial charge in [-0.2, -0.15) is 0 Å². The highest BCUT2D eigenvalue weighted by Gasteiger charge is 2.32. The van der Waals surface area contributed by atoms with Crippen molar-refractivity contribution >= 4 is 46.2 Å². The first-order valence-corrected chi connectivity index (χ1v) is 9.53. The summed E-state index contributed by atoms with van der Waals surface area (Å²) in [6.07, 6.45) is 1.81. The zero-order valence-corrected chi connectivity index (χ0v) is 16.8. The highest BCUT2D eigenvalue weighted by Crippen LogP contribution is 2.36. The van der Waals surface area contributed by atoms with E-state index in [1.807, 2.05) is 37.3 Å². The van der Waals surface area contributed by atoms with Crippen molar-refractivity contribution in [2.24, 2.45) is 4.99 Å². The smallest absolute Gasteiger partial charge is 0.266 e. The number of rotatable bonds is 5. The first-order valence-electron chi connectivity index (χ1n) is 8.33. The number of ether oxygens (including phenoxy) is 2. The van der Waals surface area contributed by atoms with E-state index < -0.39 is 0 Å². The molecule has 2 aromatic rings. The molecule has 1 fully saturated rings. The van der Waals surface area contributed by atoms with E-state index in [0.717, 1.165) is 5.56 Å². The highest BCUT2D eigenvalue weighted by molar-refractivity contribution is 8.18. The number of nitrogens with zero attached hydrogens (tertiary/aromatic N) is 2. The number of hydrogen-bond acceptors (Lipinski definition) is 5. The molecule has 0 bridgehead atoms. The van der Waals surface area contributed by atoms with E-state index >= 15 is 0 Å². The number of methoxy groups -OCH3 is 2. The van der Waals surface area contributed by atoms with Gasteiger partial charge in [-0.15, -0.1) is 0 Å². The lowest BCUT2D eigenvalue weighted by molar-refractivity contribution is -0.122. The maximum Gasteiger partial charge on any atom is 0.266 e. The molecule has 2 aromatic carbocycles. The molecular weight excluding hydrogens is 384 g/mol. The summed E-state index contributed by atoms with van der Waals surface area (Å²) in [7, 11) is 3.19. The zero-order chi connectivity index (χ0) is 19.4. The van der Waals surface area contributed by atoms with Crippen molar-refractivity contribution in [1.82, 2.24) is 4.90 Å². The number of amidine groups is 1. The fraction of sp³-hybridized carbons (Fsp3) is 0.200. The predicted octanol–water partition coefficient (Wildman–Crippen LogP) is 4.98. The van der Waals surface area contributed by atoms with Crippen LogP contribution in [0.1, 0.15) is 12.5 Å². The third-order valence-electron chi connectivity index (χ3n) is 3.96. The van der Waals surface area contributed by atoms with E-state index in [0.29, 0.717) is 38.8 Å². The number of halogens is 1. The van der Waals surface area contributed by atoms with Gasteiger partial charge < -0.3 is 9.47 Å². The van der Waals surface area contributed by atoms with Crippen LogP contribution in [0, 0.1) is 0 Å². The van der Waals surface area contributed by atoms with Gasteiger partial charge in [-0.3, -0.25) is 9.69 Å². The van der Waals surface area contributed by atoms with Crippen LogP contribution in [0.2, 0.25) is 5.02 Å². The van der Waals surface area contributed by atoms with Crippen LogP contribution in [-0.4, -0.2) is 36.7 Å². The fourth-order valence-corrected chi connectivity index (χ4v) is 3.84. The maximum absolute atomic E-state index is 12.8. The summed E-state index contributed by atoms with van der Waals surface area (Å²) < 4.78 is 10.6. The number of hydrogen-bond donors (Lipinski definition) is 0. The van der Waals surface area contributed by atoms with E-state index in [4.69, 9.17) is 21.1 Å². The number of thioether (sulfide) groups is 1. The molecule has 0 aromatic heterocycles. The van der Waals surface area contributed by atoms with Crippen molar-refractivity contribution < 1.29 is 14.3 Å². The van der Waals surface area contributed by atoms with Crippen LogP contribution in [0.15, 0.2) is 52.4 Å². The van der Waals surface area contributed by atoms with Crippen LogP contribution in [0.3, 0.4) is 0 Å². The standard InChI is InChI=1S/C20H19ClN2O3S/c1-4-23-19(24)18(10-13-8-9-16(25-2)12-17(13)26-3)27-20(23)22-15-7-5-6-14(21)11-15/h5-12H,4H2,1-3H3/b18-10+,22-20?. The van der Waals surface area contributed by atoms with Crippen LogP contribution in [0.25, 0.3) is 6.08 Å². The Bertz CT molecular complexity index is 927. The average molecular weight is 403 g/mol. The van der Waals surface area contributed by atoms with Gasteiger partial charge in [-0.1, -0.05) is 17.7 Å². The van der Waals surface area contributed by atoms with Gasteiger partial charge >= 0.3 is 0 Å². The van der Waals surface area contributed by atoms with E-state index in [9.17, 15) is 4.79 Å². The Hall–Kier alpha value is -2.44. The van der Waals surface area contributed by atoms with Gasteiger partial charge in [0.2, 0.25) is 0 Å². The number of amides is 1. The topological polar surface area (TPSA) is 51.1 Å². The molecule has 1 aliphatic rings. The van der Waals surface area contributed by atoms with Crippen molar-refractivity contribution in [3.63, 3.8) is 0 Å². The minimum atomic E-state index is -0.0823. The molecule has 0 unspecified atom stereocenters. The van der Waals surface area contributed by atoms with Gasteiger partial charge in [0.1, 0.15) is 11.5 Å². The minimum Gasteiger partial charge on any atom is -0.497 e. The van der Waals surface area contributed by atoms with E-state index in [-0.39, 0.29) is 5.91 Å². The molecule has 0 atom stereocenters. The SMILES string of the molecule is CCN1C(=O)/C(=C\c2ccc(OC)cc2OC)SC1=Nc1cccc(Cl)c1. The molecule has 3 rings (SSSR count). The van der Waals surface area contributed by atoms with Crippen LogP contribution in [0.5, 0.6) is 11.5 Å². The van der Waals surface area contributed by atoms with Crippen LogP contribution >= 0.6 is 23.4 Å². The Labute approximate surface area is 167 Å². The zero-order valence-electron chi connectivity index (χ0n) is 15.2. The fourth-order valence-electron chi connectivity index (χ4n) is 2.61. The molecule has 7 heteroatoms. The molecule has 1 saturated heterocycles. The van der Waals surface area contributed by atoms with Crippen LogP contribution < -0.4 is 9.47 Å². The Morgan fingerprint density at radius 2 is 2.00 bits per heavy atom. The molecule has 0 spiro atoms. The normalized spacial score (nSPS) is 17.0. The van der Waals surface area contributed by atoms with Gasteiger partial charge in [-0.05, 0) is 55.1 Å². The lowest BCUT2D eigenvalue weighted by atomic mass is 10.1. The number of likely N-dealkylation sites (N-methyl/N-ethyl adjacent to an activating group) is 1. The molecule has 5 nitrogen and oxygen atoms in total. The molecule has 140 valence electrons. The molecule has 1 amide bonds. The number of carbonyl (C=O) groups excluding carboxylic acids is 1. The quantitative estimate of drug-likeness (QED) is 0.662. The van der Waals surface area contributed by atoms with Gasteiger partial charge in [0.25, 0.3) is 5.91 Å². The molecule has 1 aliphatic heterocycles. The second-order valence-corrected chi connectivity index (χ2v) is 7.09. The first-order chi connectivity index (χ1) is 13.0. The predicted molar refractivity (Wildman–Crippen MR) is 111 cm³/mol. The molecule has 27 heavy (non-hydrogen) atoms. The van der Waals surface area contributed by atoms with Crippen LogP contribution in [-0.2, 0) is 4.79 Å². The van der Waals surface area contributed by atoms with E-state index in [1.54, 1.807) is 37.3 Å². The monoisotopic (exact) mass is 402 g/mol. The van der Waals surface area contributed by atoms with E-state index in [2.05, 4.69) is 4.99 Å². The van der Waals surface area contributed by atoms with Crippen molar-refractivity contribution in [3.8, 4) is 11.5 Å². The maximum atomic E-state index is 12.8. The molecule has 0 saturated carbocycles. The lowest BCUT2D eigenvalue weighted by Crippen LogP contribution is -2.28. The summed E-state index contributed by atoms with van der Waals surface area (Å²) in [6.45, 7) is 2.45. The molecule has 0 radical (unpaired) electrons. The third kappa shape index (κ3) is 4.28. The first kappa shape index (κ1) is 19.3. The lowest BCUT2D eigenvalue weighted by Gasteiger charge is -2.12. The van der Waals surface area contributed by atoms with Crippen molar-refractivity contribution in [2.75, 3.05) is 20.8 Å². The Kier molecular flexibility index (Phi) is 6.08. The molecule has 0 aliphatic carbocycles. The van der Waals surface area contributed by atoms with Crippen LogP contribution in [0.4, 0.5) is 5.69 Å². The largest absolute Gasteiger partial charge is 0.497 e. The summed E-state index contributed by atoms with van der Waals surface area (Å²) in [6, 6.07) is 12.7. The minimum absolute atomic E-state index is 0.0823. The average Bonchev–Trinajstić information content (AvgIpc) is 2.96. The van der Waals surface area contributed by atoms with Gasteiger partial charge in [-0.25, -0.2) is 4.99 Å². The summed E-state index contributed by atoms with van der Waals surface area (Å²) >= 11 is 7.36. The third-order valence-corrected chi connectivity index (χ3v) is 5.21.